The number of halogens is 1. The van der Waals surface area contributed by atoms with Gasteiger partial charge in [-0.1, -0.05) is 11.6 Å². The van der Waals surface area contributed by atoms with Crippen molar-refractivity contribution in [3.8, 4) is 5.75 Å². The summed E-state index contributed by atoms with van der Waals surface area (Å²) in [5.41, 5.74) is 0.527. The summed E-state index contributed by atoms with van der Waals surface area (Å²) in [5, 5.41) is 9.07. The van der Waals surface area contributed by atoms with Crippen LogP contribution in [0.3, 0.4) is 0 Å². The van der Waals surface area contributed by atoms with Crippen LogP contribution >= 0.6 is 11.6 Å². The predicted molar refractivity (Wildman–Crippen MR) is 77.9 cm³/mol. The Balaban J connectivity index is 2.71. The van der Waals surface area contributed by atoms with Gasteiger partial charge >= 0.3 is 5.97 Å². The van der Waals surface area contributed by atoms with Crippen LogP contribution in [0.1, 0.15) is 12.0 Å². The lowest BCUT2D eigenvalue weighted by Gasteiger charge is -2.09. The predicted octanol–water partition coefficient (Wildman–Crippen LogP) is 2.25. The molecule has 0 heterocycles. The minimum atomic E-state index is -3.01. The lowest BCUT2D eigenvalue weighted by molar-refractivity contribution is -0.131. The molecule has 0 unspecified atom stereocenters. The molecule has 1 aromatic carbocycles. The van der Waals surface area contributed by atoms with E-state index in [0.29, 0.717) is 22.8 Å². The van der Waals surface area contributed by atoms with Gasteiger partial charge in [-0.2, -0.15) is 0 Å². The summed E-state index contributed by atoms with van der Waals surface area (Å²) < 4.78 is 27.4. The maximum atomic E-state index is 11.0. The van der Waals surface area contributed by atoms with Gasteiger partial charge in [0.1, 0.15) is 15.6 Å². The van der Waals surface area contributed by atoms with Crippen LogP contribution in [0.5, 0.6) is 5.75 Å². The van der Waals surface area contributed by atoms with E-state index in [4.69, 9.17) is 21.4 Å². The Hall–Kier alpha value is -1.53. The third-order valence-electron chi connectivity index (χ3n) is 2.29. The van der Waals surface area contributed by atoms with Gasteiger partial charge in [-0.3, -0.25) is 0 Å². The van der Waals surface area contributed by atoms with Crippen molar-refractivity contribution in [3.05, 3.63) is 34.9 Å². The van der Waals surface area contributed by atoms with E-state index in [-0.39, 0.29) is 12.4 Å². The molecule has 0 saturated heterocycles. The number of hydrogen-bond donors (Lipinski definition) is 1. The quantitative estimate of drug-likeness (QED) is 0.616. The van der Waals surface area contributed by atoms with E-state index in [1.54, 1.807) is 18.2 Å². The first-order chi connectivity index (χ1) is 9.28. The molecule has 20 heavy (non-hydrogen) atoms. The van der Waals surface area contributed by atoms with Crippen molar-refractivity contribution in [1.82, 2.24) is 0 Å². The van der Waals surface area contributed by atoms with Crippen LogP contribution in [-0.4, -0.2) is 38.1 Å². The fraction of sp³-hybridized carbons (Fsp3) is 0.308. The topological polar surface area (TPSA) is 80.7 Å². The number of rotatable bonds is 7. The molecule has 0 aliphatic heterocycles. The molecule has 0 atom stereocenters. The molecule has 0 amide bonds. The largest absolute Gasteiger partial charge is 0.493 e. The summed E-state index contributed by atoms with van der Waals surface area (Å²) in [6.07, 6.45) is 3.88. The third-order valence-corrected chi connectivity index (χ3v) is 3.56. The van der Waals surface area contributed by atoms with Crippen molar-refractivity contribution >= 4 is 33.5 Å². The Kier molecular flexibility index (Phi) is 6.04. The molecule has 0 aromatic heterocycles. The fourth-order valence-electron chi connectivity index (χ4n) is 1.45. The molecule has 7 heteroatoms. The van der Waals surface area contributed by atoms with Crippen LogP contribution in [0, 0.1) is 0 Å². The van der Waals surface area contributed by atoms with E-state index >= 15 is 0 Å². The van der Waals surface area contributed by atoms with Gasteiger partial charge in [-0.15, -0.1) is 0 Å². The molecular weight excluding hydrogens is 304 g/mol. The zero-order valence-corrected chi connectivity index (χ0v) is 12.4. The average Bonchev–Trinajstić information content (AvgIpc) is 2.32. The second-order valence-corrected chi connectivity index (χ2v) is 6.88. The molecule has 0 radical (unpaired) electrons. The van der Waals surface area contributed by atoms with Gasteiger partial charge in [0.15, 0.2) is 0 Å². The molecule has 110 valence electrons. The maximum absolute atomic E-state index is 11.0. The molecular formula is C13H15ClO5S. The zero-order chi connectivity index (χ0) is 15.2. The number of carboxylic acids is 1. The van der Waals surface area contributed by atoms with E-state index in [2.05, 4.69) is 0 Å². The van der Waals surface area contributed by atoms with Crippen LogP contribution in [0.2, 0.25) is 5.02 Å². The number of ether oxygens (including phenoxy) is 1. The van der Waals surface area contributed by atoms with Crippen molar-refractivity contribution in [2.24, 2.45) is 0 Å². The first-order valence-electron chi connectivity index (χ1n) is 5.79. The first-order valence-corrected chi connectivity index (χ1v) is 8.23. The summed E-state index contributed by atoms with van der Waals surface area (Å²) in [5.74, 6) is -0.575. The molecule has 0 aliphatic rings. The number of sulfone groups is 1. The smallest absolute Gasteiger partial charge is 0.328 e. The fourth-order valence-corrected chi connectivity index (χ4v) is 2.27. The van der Waals surface area contributed by atoms with E-state index in [1.807, 2.05) is 0 Å². The van der Waals surface area contributed by atoms with Crippen LogP contribution in [0.15, 0.2) is 24.3 Å². The van der Waals surface area contributed by atoms with E-state index in [0.717, 1.165) is 12.3 Å². The van der Waals surface area contributed by atoms with Crippen molar-refractivity contribution in [2.75, 3.05) is 18.6 Å². The normalized spacial score (nSPS) is 11.7. The highest BCUT2D eigenvalue weighted by molar-refractivity contribution is 7.90. The zero-order valence-electron chi connectivity index (χ0n) is 10.9. The third kappa shape index (κ3) is 6.58. The lowest BCUT2D eigenvalue weighted by atomic mass is 10.2. The average molecular weight is 319 g/mol. The molecule has 0 bridgehead atoms. The van der Waals surface area contributed by atoms with Gasteiger partial charge in [0.2, 0.25) is 0 Å². The Bertz CT molecular complexity index is 607. The second kappa shape index (κ2) is 7.31. The van der Waals surface area contributed by atoms with E-state index in [9.17, 15) is 13.2 Å². The minimum absolute atomic E-state index is 0.0425. The van der Waals surface area contributed by atoms with Gasteiger partial charge < -0.3 is 9.84 Å². The molecule has 0 aliphatic carbocycles. The number of carbonyl (C=O) groups is 1. The molecule has 1 aromatic rings. The molecule has 0 fully saturated rings. The molecule has 0 saturated carbocycles. The summed E-state index contributed by atoms with van der Waals surface area (Å²) in [7, 11) is -3.01. The number of aliphatic carboxylic acids is 1. The monoisotopic (exact) mass is 318 g/mol. The summed E-state index contributed by atoms with van der Waals surface area (Å²) in [6.45, 7) is 0.225. The Morgan fingerprint density at radius 1 is 1.45 bits per heavy atom. The summed E-state index contributed by atoms with van der Waals surface area (Å²) in [6, 6.07) is 4.81. The van der Waals surface area contributed by atoms with Gasteiger partial charge in [0, 0.05) is 22.9 Å². The summed E-state index contributed by atoms with van der Waals surface area (Å²) >= 11 is 5.84. The highest BCUT2D eigenvalue weighted by atomic mass is 35.5. The summed E-state index contributed by atoms with van der Waals surface area (Å²) in [4.78, 5) is 10.5. The minimum Gasteiger partial charge on any atom is -0.493 e. The van der Waals surface area contributed by atoms with Crippen LogP contribution in [0.25, 0.3) is 6.08 Å². The van der Waals surface area contributed by atoms with Crippen molar-refractivity contribution < 1.29 is 23.1 Å². The van der Waals surface area contributed by atoms with Crippen molar-refractivity contribution in [3.63, 3.8) is 0 Å². The van der Waals surface area contributed by atoms with Crippen LogP contribution < -0.4 is 4.74 Å². The highest BCUT2D eigenvalue weighted by Crippen LogP contribution is 2.24. The number of carboxylic acid groups (broad SMARTS) is 1. The lowest BCUT2D eigenvalue weighted by Crippen LogP contribution is -2.08. The molecule has 0 spiro atoms. The van der Waals surface area contributed by atoms with Crippen LogP contribution in [-0.2, 0) is 14.6 Å². The molecule has 1 N–H and O–H groups in total. The van der Waals surface area contributed by atoms with E-state index < -0.39 is 15.8 Å². The van der Waals surface area contributed by atoms with Gasteiger partial charge in [-0.25, -0.2) is 13.2 Å². The first kappa shape index (κ1) is 16.5. The van der Waals surface area contributed by atoms with E-state index in [1.165, 1.54) is 6.08 Å². The number of hydrogen-bond acceptors (Lipinski definition) is 4. The Morgan fingerprint density at radius 2 is 2.15 bits per heavy atom. The van der Waals surface area contributed by atoms with Crippen molar-refractivity contribution in [2.45, 2.75) is 6.42 Å². The highest BCUT2D eigenvalue weighted by Gasteiger charge is 2.05. The van der Waals surface area contributed by atoms with Crippen molar-refractivity contribution in [1.29, 1.82) is 0 Å². The Labute approximate surface area is 122 Å². The standard InChI is InChI=1S/C13H15ClO5S/c1-20(17,18)8-2-7-19-12-5-4-11(14)9-10(12)3-6-13(15)16/h3-6,9H,2,7-8H2,1H3,(H,15,16). The SMILES string of the molecule is CS(=O)(=O)CCCOc1ccc(Cl)cc1C=CC(=O)O. The van der Waals surface area contributed by atoms with Gasteiger partial charge in [0.25, 0.3) is 0 Å². The Morgan fingerprint density at radius 3 is 2.75 bits per heavy atom. The van der Waals surface area contributed by atoms with Gasteiger partial charge in [0.05, 0.1) is 12.4 Å². The maximum Gasteiger partial charge on any atom is 0.328 e. The molecule has 5 nitrogen and oxygen atoms in total. The van der Waals surface area contributed by atoms with Crippen LogP contribution in [0.4, 0.5) is 0 Å². The second-order valence-electron chi connectivity index (χ2n) is 4.19. The number of benzene rings is 1. The molecule has 1 rings (SSSR count). The van der Waals surface area contributed by atoms with Gasteiger partial charge in [-0.05, 0) is 30.7 Å².